The fourth-order valence-corrected chi connectivity index (χ4v) is 5.43. The molecule has 0 heterocycles. The van der Waals surface area contributed by atoms with Crippen molar-refractivity contribution in [3.63, 3.8) is 0 Å². The molecule has 1 aliphatic rings. The molecule has 0 spiro atoms. The Morgan fingerprint density at radius 1 is 0.895 bits per heavy atom. The monoisotopic (exact) mass is 533 g/mol. The molecule has 8 heteroatoms. The largest absolute Gasteiger partial charge is 0.350 e. The average molecular weight is 534 g/mol. The quantitative estimate of drug-likeness (QED) is 0.366. The van der Waals surface area contributed by atoms with Crippen LogP contribution in [0.5, 0.6) is 0 Å². The predicted octanol–water partition coefficient (Wildman–Crippen LogP) is 4.10. The molecule has 0 saturated heterocycles. The molecule has 2 amide bonds. The van der Waals surface area contributed by atoms with E-state index in [1.54, 1.807) is 36.1 Å². The lowest BCUT2D eigenvalue weighted by Gasteiger charge is -2.29. The summed E-state index contributed by atoms with van der Waals surface area (Å²) in [5, 5.41) is 2.96. The standard InChI is InChI=1S/C30H35N3O4S/c1-22-8-10-25(11-9-22)20-31-30(35)23(2)33(21-26-6-4-3-5-7-26)29(34)19-14-24-12-17-28(18-13-24)38(36,37)32-27-15-16-27/h3-13,17-18,23,27,32H,14-16,19-21H2,1-2H3,(H,31,35)/t23-/m1/s1. The van der Waals surface area contributed by atoms with Gasteiger partial charge in [-0.3, -0.25) is 9.59 Å². The summed E-state index contributed by atoms with van der Waals surface area (Å²) in [7, 11) is -3.51. The molecule has 1 aliphatic carbocycles. The second-order valence-corrected chi connectivity index (χ2v) is 11.6. The lowest BCUT2D eigenvalue weighted by Crippen LogP contribution is -2.47. The SMILES string of the molecule is Cc1ccc(CNC(=O)[C@@H](C)N(Cc2ccccc2)C(=O)CCc2ccc(S(=O)(=O)NC3CC3)cc2)cc1. The van der Waals surface area contributed by atoms with Gasteiger partial charge in [0.15, 0.2) is 0 Å². The van der Waals surface area contributed by atoms with Gasteiger partial charge < -0.3 is 10.2 Å². The van der Waals surface area contributed by atoms with Crippen LogP contribution in [-0.2, 0) is 39.1 Å². The topological polar surface area (TPSA) is 95.6 Å². The third-order valence-corrected chi connectivity index (χ3v) is 8.25. The molecule has 1 atom stereocenters. The Balaban J connectivity index is 1.39. The van der Waals surface area contributed by atoms with Crippen LogP contribution in [-0.4, -0.2) is 37.2 Å². The highest BCUT2D eigenvalue weighted by molar-refractivity contribution is 7.89. The number of aryl methyl sites for hydroxylation is 2. The van der Waals surface area contributed by atoms with E-state index in [-0.39, 0.29) is 29.2 Å². The van der Waals surface area contributed by atoms with Crippen molar-refractivity contribution in [1.82, 2.24) is 14.9 Å². The lowest BCUT2D eigenvalue weighted by atomic mass is 10.1. The van der Waals surface area contributed by atoms with Crippen molar-refractivity contribution in [1.29, 1.82) is 0 Å². The van der Waals surface area contributed by atoms with Crippen LogP contribution in [0.3, 0.4) is 0 Å². The fraction of sp³-hybridized carbons (Fsp3) is 0.333. The van der Waals surface area contributed by atoms with Gasteiger partial charge in [0.1, 0.15) is 6.04 Å². The van der Waals surface area contributed by atoms with Crippen LogP contribution in [0.15, 0.2) is 83.8 Å². The Bertz CT molecular complexity index is 1340. The molecule has 0 unspecified atom stereocenters. The molecule has 4 rings (SSSR count). The summed E-state index contributed by atoms with van der Waals surface area (Å²) in [6.07, 6.45) is 2.40. The minimum atomic E-state index is -3.51. The van der Waals surface area contributed by atoms with E-state index in [0.717, 1.165) is 35.1 Å². The first kappa shape index (κ1) is 27.5. The summed E-state index contributed by atoms with van der Waals surface area (Å²) in [6, 6.07) is 23.6. The fourth-order valence-electron chi connectivity index (χ4n) is 4.12. The molecule has 0 aliphatic heterocycles. The van der Waals surface area contributed by atoms with E-state index in [1.165, 1.54) is 0 Å². The first-order valence-corrected chi connectivity index (χ1v) is 14.5. The zero-order valence-corrected chi connectivity index (χ0v) is 22.7. The van der Waals surface area contributed by atoms with Gasteiger partial charge in [-0.25, -0.2) is 13.1 Å². The summed E-state index contributed by atoms with van der Waals surface area (Å²) in [4.78, 5) is 28.2. The Labute approximate surface area is 225 Å². The van der Waals surface area contributed by atoms with Gasteiger partial charge >= 0.3 is 0 Å². The molecule has 2 N–H and O–H groups in total. The number of hydrogen-bond acceptors (Lipinski definition) is 4. The molecule has 0 bridgehead atoms. The Hall–Kier alpha value is -3.49. The van der Waals surface area contributed by atoms with Crippen molar-refractivity contribution in [2.24, 2.45) is 0 Å². The summed E-state index contributed by atoms with van der Waals surface area (Å²) in [5.41, 5.74) is 3.95. The smallest absolute Gasteiger partial charge is 0.242 e. The van der Waals surface area contributed by atoms with Gasteiger partial charge in [-0.15, -0.1) is 0 Å². The molecule has 0 radical (unpaired) electrons. The maximum atomic E-state index is 13.4. The molecule has 3 aromatic carbocycles. The van der Waals surface area contributed by atoms with Gasteiger partial charge in [0.25, 0.3) is 0 Å². The minimum absolute atomic E-state index is 0.0453. The molecular weight excluding hydrogens is 498 g/mol. The van der Waals surface area contributed by atoms with Crippen molar-refractivity contribution in [3.8, 4) is 0 Å². The van der Waals surface area contributed by atoms with Gasteiger partial charge in [-0.05, 0) is 61.9 Å². The van der Waals surface area contributed by atoms with E-state index < -0.39 is 16.1 Å². The first-order valence-electron chi connectivity index (χ1n) is 13.0. The third kappa shape index (κ3) is 7.76. The van der Waals surface area contributed by atoms with Crippen molar-refractivity contribution in [2.75, 3.05) is 0 Å². The Kier molecular flexibility index (Phi) is 8.97. The van der Waals surface area contributed by atoms with E-state index in [0.29, 0.717) is 19.5 Å². The van der Waals surface area contributed by atoms with E-state index in [2.05, 4.69) is 10.0 Å². The number of sulfonamides is 1. The van der Waals surface area contributed by atoms with Crippen molar-refractivity contribution in [2.45, 2.75) is 69.6 Å². The molecule has 200 valence electrons. The number of carbonyl (C=O) groups excluding carboxylic acids is 2. The number of hydrogen-bond donors (Lipinski definition) is 2. The maximum Gasteiger partial charge on any atom is 0.242 e. The van der Waals surface area contributed by atoms with Gasteiger partial charge in [0.2, 0.25) is 21.8 Å². The summed E-state index contributed by atoms with van der Waals surface area (Å²) < 4.78 is 27.5. The number of benzene rings is 3. The summed E-state index contributed by atoms with van der Waals surface area (Å²) in [5.74, 6) is -0.355. The molecule has 38 heavy (non-hydrogen) atoms. The maximum absolute atomic E-state index is 13.4. The van der Waals surface area contributed by atoms with Crippen LogP contribution in [0.2, 0.25) is 0 Å². The van der Waals surface area contributed by atoms with Crippen LogP contribution < -0.4 is 10.0 Å². The normalized spacial score (nSPS) is 14.1. The van der Waals surface area contributed by atoms with E-state index in [9.17, 15) is 18.0 Å². The number of rotatable bonds is 12. The Morgan fingerprint density at radius 2 is 1.53 bits per heavy atom. The average Bonchev–Trinajstić information content (AvgIpc) is 3.73. The summed E-state index contributed by atoms with van der Waals surface area (Å²) in [6.45, 7) is 4.47. The summed E-state index contributed by atoms with van der Waals surface area (Å²) >= 11 is 0. The molecule has 1 fully saturated rings. The van der Waals surface area contributed by atoms with Crippen molar-refractivity contribution < 1.29 is 18.0 Å². The molecule has 0 aromatic heterocycles. The van der Waals surface area contributed by atoms with Crippen LogP contribution in [0.1, 0.15) is 48.4 Å². The molecular formula is C30H35N3O4S. The second-order valence-electron chi connectivity index (χ2n) is 9.93. The highest BCUT2D eigenvalue weighted by Gasteiger charge is 2.28. The van der Waals surface area contributed by atoms with Crippen LogP contribution in [0, 0.1) is 6.92 Å². The van der Waals surface area contributed by atoms with Crippen molar-refractivity contribution >= 4 is 21.8 Å². The molecule has 1 saturated carbocycles. The highest BCUT2D eigenvalue weighted by atomic mass is 32.2. The molecule has 7 nitrogen and oxygen atoms in total. The zero-order valence-electron chi connectivity index (χ0n) is 21.9. The van der Waals surface area contributed by atoms with E-state index in [1.807, 2.05) is 61.5 Å². The van der Waals surface area contributed by atoms with Crippen LogP contribution in [0.25, 0.3) is 0 Å². The van der Waals surface area contributed by atoms with Crippen molar-refractivity contribution in [3.05, 3.63) is 101 Å². The Morgan fingerprint density at radius 3 is 2.16 bits per heavy atom. The number of carbonyl (C=O) groups is 2. The lowest BCUT2D eigenvalue weighted by molar-refractivity contribution is -0.140. The zero-order chi connectivity index (χ0) is 27.1. The van der Waals surface area contributed by atoms with Gasteiger partial charge in [0, 0.05) is 25.6 Å². The molecule has 3 aromatic rings. The highest BCUT2D eigenvalue weighted by Crippen LogP contribution is 2.22. The van der Waals surface area contributed by atoms with Gasteiger partial charge in [-0.1, -0.05) is 72.3 Å². The minimum Gasteiger partial charge on any atom is -0.350 e. The van der Waals surface area contributed by atoms with Crippen LogP contribution in [0.4, 0.5) is 0 Å². The van der Waals surface area contributed by atoms with Gasteiger partial charge in [-0.2, -0.15) is 0 Å². The van der Waals surface area contributed by atoms with E-state index in [4.69, 9.17) is 0 Å². The first-order chi connectivity index (χ1) is 18.2. The van der Waals surface area contributed by atoms with Gasteiger partial charge in [0.05, 0.1) is 4.90 Å². The third-order valence-electron chi connectivity index (χ3n) is 6.71. The van der Waals surface area contributed by atoms with Crippen LogP contribution >= 0.6 is 0 Å². The second kappa shape index (κ2) is 12.4. The van der Waals surface area contributed by atoms with E-state index >= 15 is 0 Å². The predicted molar refractivity (Wildman–Crippen MR) is 148 cm³/mol. The number of nitrogens with zero attached hydrogens (tertiary/aromatic N) is 1. The number of amides is 2. The number of nitrogens with one attached hydrogen (secondary N) is 2.